The third-order valence-corrected chi connectivity index (χ3v) is 2.74. The lowest BCUT2D eigenvalue weighted by atomic mass is 9.91. The summed E-state index contributed by atoms with van der Waals surface area (Å²) in [5, 5.41) is 8.76. The Labute approximate surface area is 90.9 Å². The fourth-order valence-corrected chi connectivity index (χ4v) is 1.84. The molecule has 0 radical (unpaired) electrons. The SMILES string of the molecule is Cc1cc(CC(=O)O)cc(C(C)C)c1C. The highest BCUT2D eigenvalue weighted by molar-refractivity contribution is 5.70. The van der Waals surface area contributed by atoms with Crippen LogP contribution in [-0.4, -0.2) is 11.1 Å². The molecule has 0 aliphatic heterocycles. The van der Waals surface area contributed by atoms with E-state index >= 15 is 0 Å². The van der Waals surface area contributed by atoms with Gasteiger partial charge in [-0.25, -0.2) is 0 Å². The molecule has 0 heterocycles. The van der Waals surface area contributed by atoms with Crippen LogP contribution in [0.5, 0.6) is 0 Å². The Hall–Kier alpha value is -1.31. The van der Waals surface area contributed by atoms with Crippen LogP contribution < -0.4 is 0 Å². The Morgan fingerprint density at radius 3 is 2.40 bits per heavy atom. The van der Waals surface area contributed by atoms with Crippen molar-refractivity contribution in [2.24, 2.45) is 0 Å². The van der Waals surface area contributed by atoms with Crippen LogP contribution >= 0.6 is 0 Å². The van der Waals surface area contributed by atoms with Crippen LogP contribution in [0, 0.1) is 13.8 Å². The maximum Gasteiger partial charge on any atom is 0.307 e. The molecular weight excluding hydrogens is 188 g/mol. The Balaban J connectivity index is 3.17. The van der Waals surface area contributed by atoms with Crippen molar-refractivity contribution in [3.05, 3.63) is 34.4 Å². The average molecular weight is 206 g/mol. The van der Waals surface area contributed by atoms with Gasteiger partial charge in [0, 0.05) is 0 Å². The van der Waals surface area contributed by atoms with Crippen molar-refractivity contribution in [2.75, 3.05) is 0 Å². The fraction of sp³-hybridized carbons (Fsp3) is 0.462. The molecule has 0 amide bonds. The molecule has 0 spiro atoms. The van der Waals surface area contributed by atoms with Gasteiger partial charge in [0.1, 0.15) is 0 Å². The van der Waals surface area contributed by atoms with Gasteiger partial charge in [0.05, 0.1) is 6.42 Å². The summed E-state index contributed by atoms with van der Waals surface area (Å²) in [6.07, 6.45) is 0.112. The zero-order chi connectivity index (χ0) is 11.6. The van der Waals surface area contributed by atoms with Gasteiger partial charge in [0.15, 0.2) is 0 Å². The van der Waals surface area contributed by atoms with E-state index in [-0.39, 0.29) is 6.42 Å². The summed E-state index contributed by atoms with van der Waals surface area (Å²) in [5.74, 6) is -0.328. The van der Waals surface area contributed by atoms with E-state index in [0.717, 1.165) is 5.56 Å². The first-order valence-electron chi connectivity index (χ1n) is 5.23. The largest absolute Gasteiger partial charge is 0.481 e. The molecule has 0 aliphatic carbocycles. The van der Waals surface area contributed by atoms with Crippen molar-refractivity contribution in [2.45, 2.75) is 40.0 Å². The first kappa shape index (κ1) is 11.8. The summed E-state index contributed by atoms with van der Waals surface area (Å²) >= 11 is 0. The molecule has 0 aromatic heterocycles. The van der Waals surface area contributed by atoms with E-state index in [4.69, 9.17) is 5.11 Å². The summed E-state index contributed by atoms with van der Waals surface area (Å²) in [5.41, 5.74) is 4.61. The molecule has 1 N–H and O–H groups in total. The van der Waals surface area contributed by atoms with Gasteiger partial charge in [-0.1, -0.05) is 26.0 Å². The number of carboxylic acids is 1. The van der Waals surface area contributed by atoms with E-state index in [2.05, 4.69) is 20.8 Å². The molecule has 0 fully saturated rings. The van der Waals surface area contributed by atoms with Crippen molar-refractivity contribution >= 4 is 5.97 Å². The highest BCUT2D eigenvalue weighted by Crippen LogP contribution is 2.23. The number of hydrogen-bond donors (Lipinski definition) is 1. The molecule has 1 aromatic rings. The quantitative estimate of drug-likeness (QED) is 0.825. The van der Waals surface area contributed by atoms with Gasteiger partial charge in [0.2, 0.25) is 0 Å². The Kier molecular flexibility index (Phi) is 3.51. The lowest BCUT2D eigenvalue weighted by Gasteiger charge is -2.14. The van der Waals surface area contributed by atoms with E-state index in [1.165, 1.54) is 16.7 Å². The number of benzene rings is 1. The molecule has 0 saturated heterocycles. The minimum absolute atomic E-state index is 0.112. The highest BCUT2D eigenvalue weighted by atomic mass is 16.4. The molecular formula is C13H18O2. The van der Waals surface area contributed by atoms with Crippen LogP contribution in [0.2, 0.25) is 0 Å². The molecule has 2 nitrogen and oxygen atoms in total. The summed E-state index contributed by atoms with van der Waals surface area (Å²) in [6, 6.07) is 3.98. The molecule has 0 aliphatic rings. The maximum absolute atomic E-state index is 10.6. The second-order valence-electron chi connectivity index (χ2n) is 4.35. The van der Waals surface area contributed by atoms with Crippen molar-refractivity contribution in [1.29, 1.82) is 0 Å². The normalized spacial score (nSPS) is 10.7. The predicted octanol–water partition coefficient (Wildman–Crippen LogP) is 3.05. The fourth-order valence-electron chi connectivity index (χ4n) is 1.84. The number of rotatable bonds is 3. The zero-order valence-corrected chi connectivity index (χ0v) is 9.79. The lowest BCUT2D eigenvalue weighted by Crippen LogP contribution is -2.03. The summed E-state index contributed by atoms with van der Waals surface area (Å²) < 4.78 is 0. The van der Waals surface area contributed by atoms with Gasteiger partial charge in [-0.15, -0.1) is 0 Å². The van der Waals surface area contributed by atoms with Gasteiger partial charge in [-0.3, -0.25) is 4.79 Å². The summed E-state index contributed by atoms with van der Waals surface area (Å²) in [7, 11) is 0. The van der Waals surface area contributed by atoms with E-state index in [1.807, 2.05) is 19.1 Å². The number of carboxylic acid groups (broad SMARTS) is 1. The maximum atomic E-state index is 10.6. The summed E-state index contributed by atoms with van der Waals surface area (Å²) in [6.45, 7) is 8.39. The van der Waals surface area contributed by atoms with Crippen LogP contribution in [0.3, 0.4) is 0 Å². The molecule has 2 heteroatoms. The van der Waals surface area contributed by atoms with Crippen LogP contribution in [0.25, 0.3) is 0 Å². The Morgan fingerprint density at radius 1 is 1.33 bits per heavy atom. The van der Waals surface area contributed by atoms with Gasteiger partial charge >= 0.3 is 5.97 Å². The molecule has 1 rings (SSSR count). The monoisotopic (exact) mass is 206 g/mol. The van der Waals surface area contributed by atoms with Crippen molar-refractivity contribution < 1.29 is 9.90 Å². The zero-order valence-electron chi connectivity index (χ0n) is 9.79. The van der Waals surface area contributed by atoms with E-state index in [0.29, 0.717) is 5.92 Å². The third kappa shape index (κ3) is 2.82. The second-order valence-corrected chi connectivity index (χ2v) is 4.35. The van der Waals surface area contributed by atoms with Crippen LogP contribution in [0.4, 0.5) is 0 Å². The van der Waals surface area contributed by atoms with Crippen LogP contribution in [0.15, 0.2) is 12.1 Å². The van der Waals surface area contributed by atoms with Crippen molar-refractivity contribution in [3.63, 3.8) is 0 Å². The van der Waals surface area contributed by atoms with E-state index in [1.54, 1.807) is 0 Å². The summed E-state index contributed by atoms with van der Waals surface area (Å²) in [4.78, 5) is 10.6. The van der Waals surface area contributed by atoms with Crippen molar-refractivity contribution in [3.8, 4) is 0 Å². The van der Waals surface area contributed by atoms with E-state index in [9.17, 15) is 4.79 Å². The number of hydrogen-bond acceptors (Lipinski definition) is 1. The number of aliphatic carboxylic acids is 1. The van der Waals surface area contributed by atoms with Gasteiger partial charge in [0.25, 0.3) is 0 Å². The lowest BCUT2D eigenvalue weighted by molar-refractivity contribution is -0.136. The topological polar surface area (TPSA) is 37.3 Å². The molecule has 1 aromatic carbocycles. The first-order valence-corrected chi connectivity index (χ1v) is 5.23. The number of aryl methyl sites for hydroxylation is 1. The second kappa shape index (κ2) is 4.47. The van der Waals surface area contributed by atoms with Crippen molar-refractivity contribution in [1.82, 2.24) is 0 Å². The van der Waals surface area contributed by atoms with Gasteiger partial charge in [-0.05, 0) is 42.0 Å². The molecule has 0 saturated carbocycles. The molecule has 15 heavy (non-hydrogen) atoms. The molecule has 82 valence electrons. The van der Waals surface area contributed by atoms with Gasteiger partial charge < -0.3 is 5.11 Å². The Morgan fingerprint density at radius 2 is 1.93 bits per heavy atom. The highest BCUT2D eigenvalue weighted by Gasteiger charge is 2.09. The third-order valence-electron chi connectivity index (χ3n) is 2.74. The minimum atomic E-state index is -0.770. The standard InChI is InChI=1S/C13H18O2/c1-8(2)12-6-11(7-13(14)15)5-9(3)10(12)4/h5-6,8H,7H2,1-4H3,(H,14,15). The average Bonchev–Trinajstić information content (AvgIpc) is 2.09. The minimum Gasteiger partial charge on any atom is -0.481 e. The van der Waals surface area contributed by atoms with Crippen LogP contribution in [-0.2, 0) is 11.2 Å². The predicted molar refractivity (Wildman–Crippen MR) is 61.3 cm³/mol. The molecule has 0 bridgehead atoms. The van der Waals surface area contributed by atoms with E-state index < -0.39 is 5.97 Å². The smallest absolute Gasteiger partial charge is 0.307 e. The molecule has 0 unspecified atom stereocenters. The Bertz CT molecular complexity index is 378. The molecule has 0 atom stereocenters. The van der Waals surface area contributed by atoms with Crippen LogP contribution in [0.1, 0.15) is 42.0 Å². The first-order chi connectivity index (χ1) is 6.91. The van der Waals surface area contributed by atoms with Gasteiger partial charge in [-0.2, -0.15) is 0 Å². The number of carbonyl (C=O) groups is 1.